The molecule has 0 amide bonds. The van der Waals surface area contributed by atoms with Gasteiger partial charge in [0.15, 0.2) is 8.07 Å². The first-order valence-electron chi connectivity index (χ1n) is 12.4. The van der Waals surface area contributed by atoms with Gasteiger partial charge < -0.3 is 9.31 Å². The first-order valence-corrected chi connectivity index (χ1v) is 14.4. The van der Waals surface area contributed by atoms with Gasteiger partial charge in [-0.05, 0) is 66.0 Å². The second-order valence-electron chi connectivity index (χ2n) is 10.4. The molecule has 0 spiro atoms. The van der Waals surface area contributed by atoms with E-state index in [0.717, 1.165) is 10.6 Å². The summed E-state index contributed by atoms with van der Waals surface area (Å²) in [5, 5.41) is 15.0. The normalized spacial score (nSPS) is 16.5. The highest BCUT2D eigenvalue weighted by Gasteiger charge is 2.52. The van der Waals surface area contributed by atoms with Crippen molar-refractivity contribution in [1.82, 2.24) is 0 Å². The molecule has 1 aliphatic heterocycles. The van der Waals surface area contributed by atoms with Gasteiger partial charge in [0.25, 0.3) is 0 Å². The average Bonchev–Trinajstić information content (AvgIpc) is 3.13. The van der Waals surface area contributed by atoms with E-state index in [1.165, 1.54) is 15.6 Å². The molecule has 178 valence electrons. The van der Waals surface area contributed by atoms with Crippen molar-refractivity contribution in [3.05, 3.63) is 115 Å². The Morgan fingerprint density at radius 1 is 0.611 bits per heavy atom. The van der Waals surface area contributed by atoms with Crippen molar-refractivity contribution in [2.24, 2.45) is 0 Å². The van der Waals surface area contributed by atoms with Gasteiger partial charge in [-0.15, -0.1) is 0 Å². The van der Waals surface area contributed by atoms with Crippen molar-refractivity contribution in [2.45, 2.75) is 38.9 Å². The Morgan fingerprint density at radius 3 is 1.42 bits per heavy atom. The zero-order valence-electron chi connectivity index (χ0n) is 21.2. The van der Waals surface area contributed by atoms with E-state index in [1.807, 2.05) is 6.07 Å². The Balaban J connectivity index is 1.82. The van der Waals surface area contributed by atoms with Crippen LogP contribution < -0.4 is 26.2 Å². The number of rotatable bonds is 5. The number of benzene rings is 4. The molecular formula is C31H30BNO2Si. The van der Waals surface area contributed by atoms with Crippen LogP contribution in [0.3, 0.4) is 0 Å². The molecule has 1 aliphatic rings. The van der Waals surface area contributed by atoms with Gasteiger partial charge in [0, 0.05) is 0 Å². The topological polar surface area (TPSA) is 42.2 Å². The van der Waals surface area contributed by atoms with Gasteiger partial charge in [-0.2, -0.15) is 5.26 Å². The molecule has 5 rings (SSSR count). The van der Waals surface area contributed by atoms with Gasteiger partial charge in [-0.1, -0.05) is 97.1 Å². The predicted octanol–water partition coefficient (Wildman–Crippen LogP) is 3.23. The third kappa shape index (κ3) is 4.02. The van der Waals surface area contributed by atoms with Gasteiger partial charge in [0.2, 0.25) is 0 Å². The lowest BCUT2D eigenvalue weighted by molar-refractivity contribution is 0.00578. The fraction of sp³-hybridized carbons (Fsp3) is 0.194. The molecule has 1 heterocycles. The summed E-state index contributed by atoms with van der Waals surface area (Å²) in [5.74, 6) is 0. The molecule has 0 aromatic heterocycles. The van der Waals surface area contributed by atoms with E-state index in [4.69, 9.17) is 9.31 Å². The van der Waals surface area contributed by atoms with Crippen LogP contribution in [-0.4, -0.2) is 26.4 Å². The molecule has 1 saturated heterocycles. The minimum atomic E-state index is -2.76. The standard InChI is InChI=1S/C31H30BNO2Si/c1-30(2)31(3,4)35-32(34-30)25-20-24(23-33)21-29(22-25)36(26-14-8-5-9-15-26,27-16-10-6-11-17-27)28-18-12-7-13-19-28/h5-22H,1-4H3. The maximum Gasteiger partial charge on any atom is 0.494 e. The van der Waals surface area contributed by atoms with Crippen molar-refractivity contribution in [3.63, 3.8) is 0 Å². The Labute approximate surface area is 215 Å². The van der Waals surface area contributed by atoms with Crippen LogP contribution in [0.5, 0.6) is 0 Å². The Hall–Kier alpha value is -3.43. The van der Waals surface area contributed by atoms with E-state index >= 15 is 0 Å². The van der Waals surface area contributed by atoms with Crippen LogP contribution >= 0.6 is 0 Å². The van der Waals surface area contributed by atoms with Crippen molar-refractivity contribution in [3.8, 4) is 6.07 Å². The first kappa shape index (κ1) is 24.3. The number of nitrogens with zero attached hydrogens (tertiary/aromatic N) is 1. The molecule has 0 aliphatic carbocycles. The second kappa shape index (κ2) is 9.22. The monoisotopic (exact) mass is 487 g/mol. The summed E-state index contributed by atoms with van der Waals surface area (Å²) in [6, 6.07) is 40.7. The van der Waals surface area contributed by atoms with Crippen LogP contribution in [0.15, 0.2) is 109 Å². The molecule has 4 aromatic rings. The summed E-state index contributed by atoms with van der Waals surface area (Å²) in [5.41, 5.74) is 0.555. The molecule has 0 atom stereocenters. The molecule has 1 fully saturated rings. The summed E-state index contributed by atoms with van der Waals surface area (Å²) in [4.78, 5) is 0. The Morgan fingerprint density at radius 2 is 1.03 bits per heavy atom. The quantitative estimate of drug-likeness (QED) is 0.321. The zero-order valence-corrected chi connectivity index (χ0v) is 22.2. The Kier molecular flexibility index (Phi) is 6.22. The maximum atomic E-state index is 10.1. The maximum absolute atomic E-state index is 10.1. The number of hydrogen-bond acceptors (Lipinski definition) is 3. The van der Waals surface area contributed by atoms with Crippen molar-refractivity contribution >= 4 is 41.4 Å². The summed E-state index contributed by atoms with van der Waals surface area (Å²) >= 11 is 0. The third-order valence-corrected chi connectivity index (χ3v) is 12.4. The predicted molar refractivity (Wildman–Crippen MR) is 150 cm³/mol. The third-order valence-electron chi connectivity index (χ3n) is 7.66. The highest BCUT2D eigenvalue weighted by atomic mass is 28.3. The van der Waals surface area contributed by atoms with Crippen LogP contribution in [0.1, 0.15) is 33.3 Å². The van der Waals surface area contributed by atoms with Gasteiger partial charge in [0.05, 0.1) is 22.8 Å². The van der Waals surface area contributed by atoms with Gasteiger partial charge >= 0.3 is 7.12 Å². The van der Waals surface area contributed by atoms with Gasteiger partial charge in [-0.3, -0.25) is 0 Å². The van der Waals surface area contributed by atoms with Crippen LogP contribution in [0.2, 0.25) is 0 Å². The summed E-state index contributed by atoms with van der Waals surface area (Å²) < 4.78 is 12.8. The van der Waals surface area contributed by atoms with E-state index in [1.54, 1.807) is 0 Å². The van der Waals surface area contributed by atoms with Gasteiger partial charge in [0.1, 0.15) is 0 Å². The smallest absolute Gasteiger partial charge is 0.399 e. The second-order valence-corrected chi connectivity index (χ2v) is 14.2. The van der Waals surface area contributed by atoms with E-state index in [-0.39, 0.29) is 0 Å². The zero-order chi connectivity index (χ0) is 25.4. The molecule has 0 radical (unpaired) electrons. The fourth-order valence-electron chi connectivity index (χ4n) is 5.11. The highest BCUT2D eigenvalue weighted by Crippen LogP contribution is 2.36. The SMILES string of the molecule is CC1(C)OB(c2cc(C#N)cc([Si](c3ccccc3)(c3ccccc3)c3ccccc3)c2)OC1(C)C. The first-order chi connectivity index (χ1) is 17.3. The molecule has 0 N–H and O–H groups in total. The molecule has 36 heavy (non-hydrogen) atoms. The van der Waals surface area contributed by atoms with Crippen LogP contribution in [0.25, 0.3) is 0 Å². The molecule has 4 aromatic carbocycles. The highest BCUT2D eigenvalue weighted by molar-refractivity contribution is 7.20. The lowest BCUT2D eigenvalue weighted by Gasteiger charge is -2.35. The largest absolute Gasteiger partial charge is 0.494 e. The lowest BCUT2D eigenvalue weighted by Crippen LogP contribution is -2.75. The molecule has 0 bridgehead atoms. The van der Waals surface area contributed by atoms with Crippen molar-refractivity contribution < 1.29 is 9.31 Å². The summed E-state index contributed by atoms with van der Waals surface area (Å²) in [6.45, 7) is 8.22. The Bertz CT molecular complexity index is 1290. The fourth-order valence-corrected chi connectivity index (χ4v) is 9.94. The molecular weight excluding hydrogens is 457 g/mol. The molecule has 0 unspecified atom stereocenters. The van der Waals surface area contributed by atoms with E-state index in [0.29, 0.717) is 5.56 Å². The van der Waals surface area contributed by atoms with E-state index in [9.17, 15) is 5.26 Å². The molecule has 5 heteroatoms. The molecule has 0 saturated carbocycles. The minimum Gasteiger partial charge on any atom is -0.399 e. The number of hydrogen-bond donors (Lipinski definition) is 0. The average molecular weight is 487 g/mol. The molecule has 3 nitrogen and oxygen atoms in total. The lowest BCUT2D eigenvalue weighted by atomic mass is 9.78. The van der Waals surface area contributed by atoms with Crippen LogP contribution in [-0.2, 0) is 9.31 Å². The summed E-state index contributed by atoms with van der Waals surface area (Å²) in [6.07, 6.45) is 0. The van der Waals surface area contributed by atoms with Crippen molar-refractivity contribution in [1.29, 1.82) is 5.26 Å². The minimum absolute atomic E-state index is 0.465. The van der Waals surface area contributed by atoms with Crippen LogP contribution in [0.4, 0.5) is 0 Å². The van der Waals surface area contributed by atoms with Crippen molar-refractivity contribution in [2.75, 3.05) is 0 Å². The number of nitriles is 1. The van der Waals surface area contributed by atoms with E-state index in [2.05, 4.69) is 137 Å². The van der Waals surface area contributed by atoms with Gasteiger partial charge in [-0.25, -0.2) is 0 Å². The van der Waals surface area contributed by atoms with Crippen LogP contribution in [0, 0.1) is 11.3 Å². The summed E-state index contributed by atoms with van der Waals surface area (Å²) in [7, 11) is -3.31. The van der Waals surface area contributed by atoms with E-state index < -0.39 is 26.4 Å².